The molecule has 1 aliphatic rings. The highest BCUT2D eigenvalue weighted by atomic mass is 19.1. The highest BCUT2D eigenvalue weighted by molar-refractivity contribution is 6.07. The van der Waals surface area contributed by atoms with Crippen molar-refractivity contribution in [1.82, 2.24) is 14.6 Å². The summed E-state index contributed by atoms with van der Waals surface area (Å²) < 4.78 is 15.7. The van der Waals surface area contributed by atoms with E-state index in [0.29, 0.717) is 22.6 Å². The molecule has 0 saturated heterocycles. The number of rotatable bonds is 5. The fourth-order valence-corrected chi connectivity index (χ4v) is 4.23. The van der Waals surface area contributed by atoms with E-state index in [2.05, 4.69) is 20.7 Å². The Morgan fingerprint density at radius 1 is 1.18 bits per heavy atom. The number of fused-ring (bicyclic) bond motifs is 1. The number of aromatic hydroxyl groups is 1. The van der Waals surface area contributed by atoms with Crippen LogP contribution in [0.1, 0.15) is 23.0 Å². The molecule has 0 saturated carbocycles. The van der Waals surface area contributed by atoms with Crippen molar-refractivity contribution in [2.24, 2.45) is 0 Å². The molecule has 172 valence electrons. The molecule has 5 rings (SSSR count). The van der Waals surface area contributed by atoms with Gasteiger partial charge in [-0.3, -0.25) is 14.4 Å². The van der Waals surface area contributed by atoms with Gasteiger partial charge < -0.3 is 15.8 Å². The number of hydrogen-bond donors (Lipinski definition) is 3. The first-order valence-electron chi connectivity index (χ1n) is 10.8. The number of phenolic OH excluding ortho intramolecular Hbond substituents is 1. The van der Waals surface area contributed by atoms with Gasteiger partial charge in [-0.2, -0.15) is 0 Å². The molecule has 0 radical (unpaired) electrons. The van der Waals surface area contributed by atoms with Gasteiger partial charge >= 0.3 is 0 Å². The van der Waals surface area contributed by atoms with Crippen LogP contribution in [0, 0.1) is 12.7 Å². The third-order valence-electron chi connectivity index (χ3n) is 5.84. The quantitative estimate of drug-likeness (QED) is 0.416. The maximum atomic E-state index is 13.9. The monoisotopic (exact) mass is 458 g/mol. The van der Waals surface area contributed by atoms with Crippen molar-refractivity contribution in [1.29, 1.82) is 0 Å². The molecule has 0 spiro atoms. The lowest BCUT2D eigenvalue weighted by atomic mass is 10.1. The smallest absolute Gasteiger partial charge is 0.278 e. The van der Waals surface area contributed by atoms with E-state index in [1.807, 2.05) is 56.4 Å². The van der Waals surface area contributed by atoms with Crippen LogP contribution in [0.5, 0.6) is 5.75 Å². The highest BCUT2D eigenvalue weighted by Crippen LogP contribution is 2.31. The number of para-hydroxylation sites is 1. The zero-order valence-corrected chi connectivity index (χ0v) is 18.6. The van der Waals surface area contributed by atoms with Crippen molar-refractivity contribution >= 4 is 17.4 Å². The van der Waals surface area contributed by atoms with E-state index in [4.69, 9.17) is 0 Å². The number of aromatic nitrogens is 3. The molecule has 9 heteroatoms. The summed E-state index contributed by atoms with van der Waals surface area (Å²) in [6, 6.07) is 14.8. The first-order valence-corrected chi connectivity index (χ1v) is 10.8. The summed E-state index contributed by atoms with van der Waals surface area (Å²) in [6.45, 7) is 3.83. The fraction of sp³-hybridized carbons (Fsp3) is 0.160. The Bertz CT molecular complexity index is 1340. The molecular formula is C25H23FN6O2. The first-order chi connectivity index (χ1) is 16.4. The van der Waals surface area contributed by atoms with E-state index >= 15 is 0 Å². The van der Waals surface area contributed by atoms with Gasteiger partial charge in [-0.25, -0.2) is 14.4 Å². The van der Waals surface area contributed by atoms with Crippen molar-refractivity contribution in [2.75, 3.05) is 15.6 Å². The fourth-order valence-electron chi connectivity index (χ4n) is 4.23. The van der Waals surface area contributed by atoms with Gasteiger partial charge in [0.15, 0.2) is 0 Å². The summed E-state index contributed by atoms with van der Waals surface area (Å²) in [4.78, 5) is 23.7. The van der Waals surface area contributed by atoms with Gasteiger partial charge in [0, 0.05) is 29.7 Å². The molecule has 2 aromatic carbocycles. The minimum Gasteiger partial charge on any atom is -0.508 e. The number of carbonyl (C=O) groups is 1. The Kier molecular flexibility index (Phi) is 5.37. The van der Waals surface area contributed by atoms with Crippen LogP contribution in [-0.4, -0.2) is 37.9 Å². The molecule has 0 aliphatic carbocycles. The van der Waals surface area contributed by atoms with Crippen molar-refractivity contribution in [3.8, 4) is 16.9 Å². The number of halogens is 1. The lowest BCUT2D eigenvalue weighted by Gasteiger charge is -2.41. The van der Waals surface area contributed by atoms with E-state index in [0.717, 1.165) is 17.3 Å². The second-order valence-electron chi connectivity index (χ2n) is 8.22. The third kappa shape index (κ3) is 3.81. The van der Waals surface area contributed by atoms with E-state index in [1.165, 1.54) is 18.5 Å². The second kappa shape index (κ2) is 8.51. The van der Waals surface area contributed by atoms with Gasteiger partial charge in [0.25, 0.3) is 5.91 Å². The Morgan fingerprint density at radius 3 is 2.74 bits per heavy atom. The summed E-state index contributed by atoms with van der Waals surface area (Å²) in [6.07, 6.45) is 4.30. The predicted molar refractivity (Wildman–Crippen MR) is 128 cm³/mol. The van der Waals surface area contributed by atoms with Gasteiger partial charge in [-0.15, -0.1) is 0 Å². The van der Waals surface area contributed by atoms with Crippen LogP contribution in [0.25, 0.3) is 11.1 Å². The van der Waals surface area contributed by atoms with Gasteiger partial charge in [0.05, 0.1) is 6.04 Å². The Morgan fingerprint density at radius 2 is 1.97 bits per heavy atom. The first kappa shape index (κ1) is 21.4. The van der Waals surface area contributed by atoms with E-state index < -0.39 is 12.0 Å². The summed E-state index contributed by atoms with van der Waals surface area (Å²) in [5, 5.41) is 13.2. The third-order valence-corrected chi connectivity index (χ3v) is 5.84. The molecule has 0 fully saturated rings. The lowest BCUT2D eigenvalue weighted by Crippen LogP contribution is -2.59. The van der Waals surface area contributed by atoms with Crippen LogP contribution >= 0.6 is 0 Å². The molecule has 1 amide bonds. The molecule has 2 atom stereocenters. The van der Waals surface area contributed by atoms with E-state index in [-0.39, 0.29) is 17.7 Å². The summed E-state index contributed by atoms with van der Waals surface area (Å²) >= 11 is 0. The normalized spacial score (nSPS) is 16.0. The zero-order chi connectivity index (χ0) is 23.8. The lowest BCUT2D eigenvalue weighted by molar-refractivity contribution is 0.0954. The number of benzene rings is 2. The average Bonchev–Trinajstić information content (AvgIpc) is 3.20. The number of amides is 1. The van der Waals surface area contributed by atoms with Crippen LogP contribution in [0.4, 0.5) is 15.9 Å². The van der Waals surface area contributed by atoms with Crippen LogP contribution in [0.3, 0.4) is 0 Å². The van der Waals surface area contributed by atoms with Crippen LogP contribution in [0.2, 0.25) is 0 Å². The number of carbonyl (C=O) groups excluding carboxylic acids is 1. The van der Waals surface area contributed by atoms with E-state index in [9.17, 15) is 14.3 Å². The molecule has 2 aromatic heterocycles. The summed E-state index contributed by atoms with van der Waals surface area (Å²) in [5.74, 6) is -0.431. The van der Waals surface area contributed by atoms with Gasteiger partial charge in [0.2, 0.25) is 0 Å². The second-order valence-corrected chi connectivity index (χ2v) is 8.22. The molecular weight excluding hydrogens is 435 g/mol. The van der Waals surface area contributed by atoms with Gasteiger partial charge in [-0.1, -0.05) is 18.2 Å². The summed E-state index contributed by atoms with van der Waals surface area (Å²) in [7, 11) is 0. The van der Waals surface area contributed by atoms with E-state index in [1.54, 1.807) is 15.8 Å². The highest BCUT2D eigenvalue weighted by Gasteiger charge is 2.37. The summed E-state index contributed by atoms with van der Waals surface area (Å²) in [5.41, 5.74) is 6.57. The Balaban J connectivity index is 1.52. The van der Waals surface area contributed by atoms with Crippen molar-refractivity contribution in [3.05, 3.63) is 90.4 Å². The molecule has 0 bridgehead atoms. The minimum atomic E-state index is -0.567. The number of nitrogens with one attached hydrogen (secondary N) is 2. The zero-order valence-electron chi connectivity index (χ0n) is 18.6. The van der Waals surface area contributed by atoms with Crippen LogP contribution < -0.4 is 15.6 Å². The minimum absolute atomic E-state index is 0.121. The molecule has 1 aliphatic heterocycles. The topological polar surface area (TPSA) is 95.3 Å². The maximum absolute atomic E-state index is 13.9. The Hall–Kier alpha value is -4.40. The van der Waals surface area contributed by atoms with Crippen molar-refractivity contribution < 1.29 is 14.3 Å². The van der Waals surface area contributed by atoms with Crippen molar-refractivity contribution in [3.63, 3.8) is 0 Å². The number of anilines is 2. The number of phenols is 1. The SMILES string of the molecule is Cc1ccn2c1C(=O)N(c1ccccc1)C([C@H](C)Nc1ncncc1-c1cc(O)cc(F)c1)N2. The largest absolute Gasteiger partial charge is 0.508 e. The van der Waals surface area contributed by atoms with Gasteiger partial charge in [0.1, 0.15) is 35.6 Å². The maximum Gasteiger partial charge on any atom is 0.278 e. The Labute approximate surface area is 195 Å². The average molecular weight is 458 g/mol. The number of nitrogens with zero attached hydrogens (tertiary/aromatic N) is 4. The predicted octanol–water partition coefficient (Wildman–Crippen LogP) is 4.13. The number of aryl methyl sites for hydroxylation is 1. The molecule has 8 nitrogen and oxygen atoms in total. The van der Waals surface area contributed by atoms with Gasteiger partial charge in [-0.05, 0) is 55.3 Å². The van der Waals surface area contributed by atoms with Crippen molar-refractivity contribution in [2.45, 2.75) is 26.1 Å². The molecule has 3 N–H and O–H groups in total. The molecule has 3 heterocycles. The molecule has 4 aromatic rings. The molecule has 34 heavy (non-hydrogen) atoms. The van der Waals surface area contributed by atoms with Crippen LogP contribution in [0.15, 0.2) is 73.3 Å². The molecule has 1 unspecified atom stereocenters. The number of hydrogen-bond acceptors (Lipinski definition) is 6. The standard InChI is InChI=1S/C25H23FN6O2/c1-15-8-9-31-22(15)25(34)32(19-6-4-3-5-7-19)24(30-31)16(2)29-23-21(13-27-14-28-23)17-10-18(26)12-20(33)11-17/h3-14,16,24,30,33H,1-2H3,(H,27,28,29)/t16-,24?/m0/s1. The van der Waals surface area contributed by atoms with Crippen LogP contribution in [-0.2, 0) is 0 Å².